The summed E-state index contributed by atoms with van der Waals surface area (Å²) in [6.07, 6.45) is 0.683. The second kappa shape index (κ2) is 4.15. The fraction of sp³-hybridized carbons (Fsp3) is 0.636. The summed E-state index contributed by atoms with van der Waals surface area (Å²) in [5, 5.41) is 0. The van der Waals surface area contributed by atoms with Gasteiger partial charge in [0, 0.05) is 6.42 Å². The van der Waals surface area contributed by atoms with Crippen molar-refractivity contribution < 1.29 is 13.9 Å². The molecule has 1 aliphatic rings. The molecule has 0 aromatic carbocycles. The number of hydrogen-bond acceptors (Lipinski definition) is 3. The average Bonchev–Trinajstić information content (AvgIpc) is 2.69. The lowest BCUT2D eigenvalue weighted by Gasteiger charge is -2.05. The standard InChI is InChI=1S/C11H16O3/c1-8(2)7-9-3-4-10(14-9)11-12-5-6-13-11/h3-4,8,11H,5-7H2,1-2H3. The van der Waals surface area contributed by atoms with Gasteiger partial charge in [0.2, 0.25) is 6.29 Å². The third-order valence-electron chi connectivity index (χ3n) is 2.15. The SMILES string of the molecule is CC(C)Cc1ccc(C2OCCO2)o1. The Bertz CT molecular complexity index is 284. The molecule has 0 bridgehead atoms. The molecule has 0 saturated carbocycles. The van der Waals surface area contributed by atoms with Crippen molar-refractivity contribution >= 4 is 0 Å². The molecule has 0 unspecified atom stereocenters. The van der Waals surface area contributed by atoms with E-state index in [0.717, 1.165) is 17.9 Å². The van der Waals surface area contributed by atoms with Gasteiger partial charge in [-0.05, 0) is 18.1 Å². The first-order valence-electron chi connectivity index (χ1n) is 5.07. The smallest absolute Gasteiger partial charge is 0.217 e. The molecule has 0 N–H and O–H groups in total. The molecular weight excluding hydrogens is 180 g/mol. The highest BCUT2D eigenvalue weighted by molar-refractivity contribution is 5.09. The Kier molecular flexibility index (Phi) is 2.89. The molecule has 3 nitrogen and oxygen atoms in total. The van der Waals surface area contributed by atoms with Crippen molar-refractivity contribution in [3.05, 3.63) is 23.7 Å². The predicted octanol–water partition coefficient (Wildman–Crippen LogP) is 2.52. The predicted molar refractivity (Wildman–Crippen MR) is 51.9 cm³/mol. The Morgan fingerprint density at radius 2 is 2.00 bits per heavy atom. The molecule has 0 atom stereocenters. The summed E-state index contributed by atoms with van der Waals surface area (Å²) < 4.78 is 16.3. The van der Waals surface area contributed by atoms with Crippen LogP contribution >= 0.6 is 0 Å². The van der Waals surface area contributed by atoms with Crippen LogP contribution in [0.2, 0.25) is 0 Å². The molecule has 14 heavy (non-hydrogen) atoms. The molecule has 78 valence electrons. The van der Waals surface area contributed by atoms with Gasteiger partial charge in [0.15, 0.2) is 5.76 Å². The summed E-state index contributed by atoms with van der Waals surface area (Å²) in [4.78, 5) is 0. The Morgan fingerprint density at radius 1 is 1.29 bits per heavy atom. The van der Waals surface area contributed by atoms with Gasteiger partial charge < -0.3 is 13.9 Å². The number of rotatable bonds is 3. The normalized spacial score (nSPS) is 18.2. The second-order valence-corrected chi connectivity index (χ2v) is 3.98. The minimum atomic E-state index is -0.282. The Balaban J connectivity index is 2.01. The van der Waals surface area contributed by atoms with E-state index in [4.69, 9.17) is 13.9 Å². The van der Waals surface area contributed by atoms with Crippen molar-refractivity contribution in [2.75, 3.05) is 13.2 Å². The molecule has 1 aliphatic heterocycles. The largest absolute Gasteiger partial charge is 0.461 e. The van der Waals surface area contributed by atoms with Gasteiger partial charge in [-0.1, -0.05) is 13.8 Å². The fourth-order valence-corrected chi connectivity index (χ4v) is 1.56. The molecule has 1 saturated heterocycles. The number of furan rings is 1. The molecule has 0 amide bonds. The summed E-state index contributed by atoms with van der Waals surface area (Å²) >= 11 is 0. The zero-order valence-electron chi connectivity index (χ0n) is 8.66. The summed E-state index contributed by atoms with van der Waals surface area (Å²) in [6, 6.07) is 3.94. The lowest BCUT2D eigenvalue weighted by Crippen LogP contribution is -1.96. The minimum Gasteiger partial charge on any atom is -0.461 e. The fourth-order valence-electron chi connectivity index (χ4n) is 1.56. The molecule has 2 heterocycles. The van der Waals surface area contributed by atoms with E-state index in [1.165, 1.54) is 0 Å². The molecule has 1 aromatic rings. The Labute approximate surface area is 84.0 Å². The quantitative estimate of drug-likeness (QED) is 0.744. The summed E-state index contributed by atoms with van der Waals surface area (Å²) in [7, 11) is 0. The van der Waals surface area contributed by atoms with Gasteiger partial charge >= 0.3 is 0 Å². The van der Waals surface area contributed by atoms with Crippen LogP contribution in [0.1, 0.15) is 31.7 Å². The lowest BCUT2D eigenvalue weighted by atomic mass is 10.1. The monoisotopic (exact) mass is 196 g/mol. The van der Waals surface area contributed by atoms with Crippen LogP contribution in [0.4, 0.5) is 0 Å². The zero-order chi connectivity index (χ0) is 9.97. The van der Waals surface area contributed by atoms with Crippen molar-refractivity contribution in [1.82, 2.24) is 0 Å². The highest BCUT2D eigenvalue weighted by atomic mass is 16.7. The van der Waals surface area contributed by atoms with Gasteiger partial charge in [-0.25, -0.2) is 0 Å². The maximum absolute atomic E-state index is 5.63. The van der Waals surface area contributed by atoms with E-state index in [9.17, 15) is 0 Å². The minimum absolute atomic E-state index is 0.282. The first kappa shape index (κ1) is 9.74. The van der Waals surface area contributed by atoms with Crippen molar-refractivity contribution in [2.24, 2.45) is 5.92 Å². The maximum atomic E-state index is 5.63. The van der Waals surface area contributed by atoms with Crippen molar-refractivity contribution in [3.63, 3.8) is 0 Å². The van der Waals surface area contributed by atoms with E-state index in [-0.39, 0.29) is 6.29 Å². The van der Waals surface area contributed by atoms with E-state index >= 15 is 0 Å². The molecule has 1 aromatic heterocycles. The number of hydrogen-bond donors (Lipinski definition) is 0. The van der Waals surface area contributed by atoms with Crippen LogP contribution in [0.25, 0.3) is 0 Å². The van der Waals surface area contributed by atoms with E-state index < -0.39 is 0 Å². The molecule has 0 spiro atoms. The van der Waals surface area contributed by atoms with E-state index in [1.807, 2.05) is 12.1 Å². The average molecular weight is 196 g/mol. The molecule has 1 fully saturated rings. The lowest BCUT2D eigenvalue weighted by molar-refractivity contribution is -0.0594. The maximum Gasteiger partial charge on any atom is 0.217 e. The van der Waals surface area contributed by atoms with Gasteiger partial charge in [0.1, 0.15) is 5.76 Å². The van der Waals surface area contributed by atoms with Crippen LogP contribution in [-0.2, 0) is 15.9 Å². The van der Waals surface area contributed by atoms with Crippen molar-refractivity contribution in [2.45, 2.75) is 26.6 Å². The van der Waals surface area contributed by atoms with Crippen molar-refractivity contribution in [3.8, 4) is 0 Å². The number of ether oxygens (including phenoxy) is 2. The summed E-state index contributed by atoms with van der Waals surface area (Å²) in [5.74, 6) is 2.41. The summed E-state index contributed by atoms with van der Waals surface area (Å²) in [5.41, 5.74) is 0. The van der Waals surface area contributed by atoms with Gasteiger partial charge in [0.25, 0.3) is 0 Å². The van der Waals surface area contributed by atoms with E-state index in [1.54, 1.807) is 0 Å². The van der Waals surface area contributed by atoms with Crippen LogP contribution in [-0.4, -0.2) is 13.2 Å². The van der Waals surface area contributed by atoms with Crippen LogP contribution < -0.4 is 0 Å². The second-order valence-electron chi connectivity index (χ2n) is 3.98. The Morgan fingerprint density at radius 3 is 2.64 bits per heavy atom. The van der Waals surface area contributed by atoms with Gasteiger partial charge in [0.05, 0.1) is 13.2 Å². The van der Waals surface area contributed by atoms with Crippen LogP contribution in [0.15, 0.2) is 16.5 Å². The molecule has 0 aliphatic carbocycles. The van der Waals surface area contributed by atoms with Crippen LogP contribution in [0.3, 0.4) is 0 Å². The van der Waals surface area contributed by atoms with Crippen LogP contribution in [0, 0.1) is 5.92 Å². The molecular formula is C11H16O3. The third kappa shape index (κ3) is 2.16. The highest BCUT2D eigenvalue weighted by Gasteiger charge is 2.21. The zero-order valence-corrected chi connectivity index (χ0v) is 8.66. The highest BCUT2D eigenvalue weighted by Crippen LogP contribution is 2.25. The molecule has 3 heteroatoms. The molecule has 2 rings (SSSR count). The third-order valence-corrected chi connectivity index (χ3v) is 2.15. The van der Waals surface area contributed by atoms with E-state index in [0.29, 0.717) is 19.1 Å². The Hall–Kier alpha value is -0.800. The van der Waals surface area contributed by atoms with E-state index in [2.05, 4.69) is 13.8 Å². The molecule has 0 radical (unpaired) electrons. The summed E-state index contributed by atoms with van der Waals surface area (Å²) in [6.45, 7) is 5.66. The van der Waals surface area contributed by atoms with Gasteiger partial charge in [-0.15, -0.1) is 0 Å². The first-order valence-corrected chi connectivity index (χ1v) is 5.07. The first-order chi connectivity index (χ1) is 6.75. The van der Waals surface area contributed by atoms with Crippen LogP contribution in [0.5, 0.6) is 0 Å². The van der Waals surface area contributed by atoms with Crippen molar-refractivity contribution in [1.29, 1.82) is 0 Å². The topological polar surface area (TPSA) is 31.6 Å². The van der Waals surface area contributed by atoms with Gasteiger partial charge in [-0.2, -0.15) is 0 Å². The van der Waals surface area contributed by atoms with Gasteiger partial charge in [-0.3, -0.25) is 0 Å².